The molecular formula is C15H14ClN. The maximum absolute atomic E-state index is 6.06. The lowest BCUT2D eigenvalue weighted by atomic mass is 9.91. The first-order chi connectivity index (χ1) is 8.33. The summed E-state index contributed by atoms with van der Waals surface area (Å²) < 4.78 is 0. The van der Waals surface area contributed by atoms with Crippen molar-refractivity contribution >= 4 is 11.6 Å². The number of rotatable bonds is 0. The molecule has 1 aliphatic carbocycles. The van der Waals surface area contributed by atoms with Gasteiger partial charge in [0.1, 0.15) is 0 Å². The molecule has 0 saturated heterocycles. The summed E-state index contributed by atoms with van der Waals surface area (Å²) in [5.74, 6) is 0. The lowest BCUT2D eigenvalue weighted by Gasteiger charge is -2.16. The maximum atomic E-state index is 6.06. The molecule has 0 unspecified atom stereocenters. The summed E-state index contributed by atoms with van der Waals surface area (Å²) in [5.41, 5.74) is 5.37. The maximum Gasteiger partial charge on any atom is 0.0479 e. The van der Waals surface area contributed by atoms with E-state index in [1.807, 2.05) is 18.3 Å². The zero-order valence-corrected chi connectivity index (χ0v) is 10.4. The SMILES string of the molecule is Clc1ccc2c(c1)CCCc1cccnc1C2. The summed E-state index contributed by atoms with van der Waals surface area (Å²) in [6.07, 6.45) is 6.23. The number of hydrogen-bond donors (Lipinski definition) is 0. The van der Waals surface area contributed by atoms with Crippen LogP contribution < -0.4 is 0 Å². The van der Waals surface area contributed by atoms with Crippen LogP contribution in [0.25, 0.3) is 0 Å². The zero-order chi connectivity index (χ0) is 11.7. The van der Waals surface area contributed by atoms with Gasteiger partial charge in [0.25, 0.3) is 0 Å². The smallest absolute Gasteiger partial charge is 0.0479 e. The third-order valence-electron chi connectivity index (χ3n) is 3.40. The molecule has 17 heavy (non-hydrogen) atoms. The van der Waals surface area contributed by atoms with E-state index in [2.05, 4.69) is 23.2 Å². The molecular weight excluding hydrogens is 230 g/mol. The summed E-state index contributed by atoms with van der Waals surface area (Å²) in [5, 5.41) is 0.838. The van der Waals surface area contributed by atoms with E-state index in [4.69, 9.17) is 11.6 Å². The molecule has 2 heteroatoms. The van der Waals surface area contributed by atoms with Crippen molar-refractivity contribution in [1.82, 2.24) is 4.98 Å². The van der Waals surface area contributed by atoms with E-state index in [1.165, 1.54) is 28.8 Å². The molecule has 1 heterocycles. The second-order valence-electron chi connectivity index (χ2n) is 4.55. The van der Waals surface area contributed by atoms with Crippen LogP contribution >= 0.6 is 11.6 Å². The number of hydrogen-bond acceptors (Lipinski definition) is 1. The van der Waals surface area contributed by atoms with Gasteiger partial charge < -0.3 is 0 Å². The first kappa shape index (κ1) is 10.8. The number of nitrogens with zero attached hydrogens (tertiary/aromatic N) is 1. The van der Waals surface area contributed by atoms with Gasteiger partial charge in [0.2, 0.25) is 0 Å². The van der Waals surface area contributed by atoms with Gasteiger partial charge in [-0.1, -0.05) is 23.7 Å². The topological polar surface area (TPSA) is 12.9 Å². The molecule has 0 saturated carbocycles. The Morgan fingerprint density at radius 1 is 1.00 bits per heavy atom. The fourth-order valence-corrected chi connectivity index (χ4v) is 2.70. The second-order valence-corrected chi connectivity index (χ2v) is 4.99. The lowest BCUT2D eigenvalue weighted by Crippen LogP contribution is -2.06. The molecule has 86 valence electrons. The van der Waals surface area contributed by atoms with Gasteiger partial charge in [-0.2, -0.15) is 0 Å². The minimum absolute atomic E-state index is 0.838. The first-order valence-corrected chi connectivity index (χ1v) is 6.41. The van der Waals surface area contributed by atoms with Crippen molar-refractivity contribution < 1.29 is 0 Å². The number of benzene rings is 1. The van der Waals surface area contributed by atoms with Crippen molar-refractivity contribution in [3.63, 3.8) is 0 Å². The van der Waals surface area contributed by atoms with E-state index in [-0.39, 0.29) is 0 Å². The van der Waals surface area contributed by atoms with Gasteiger partial charge in [-0.3, -0.25) is 4.98 Å². The Kier molecular flexibility index (Phi) is 2.86. The van der Waals surface area contributed by atoms with E-state index in [9.17, 15) is 0 Å². The van der Waals surface area contributed by atoms with Crippen LogP contribution in [0.1, 0.15) is 28.8 Å². The van der Waals surface area contributed by atoms with Crippen molar-refractivity contribution in [2.24, 2.45) is 0 Å². The molecule has 0 spiro atoms. The van der Waals surface area contributed by atoms with Gasteiger partial charge in [-0.25, -0.2) is 0 Å². The van der Waals surface area contributed by atoms with Crippen molar-refractivity contribution in [2.75, 3.05) is 0 Å². The van der Waals surface area contributed by atoms with Crippen LogP contribution in [0, 0.1) is 0 Å². The van der Waals surface area contributed by atoms with Crippen LogP contribution in [0.15, 0.2) is 36.5 Å². The van der Waals surface area contributed by atoms with E-state index >= 15 is 0 Å². The zero-order valence-electron chi connectivity index (χ0n) is 9.62. The van der Waals surface area contributed by atoms with Crippen molar-refractivity contribution in [3.8, 4) is 0 Å². The van der Waals surface area contributed by atoms with Crippen molar-refractivity contribution in [3.05, 3.63) is 63.9 Å². The van der Waals surface area contributed by atoms with Crippen LogP contribution in [0.5, 0.6) is 0 Å². The molecule has 1 aromatic carbocycles. The van der Waals surface area contributed by atoms with Crippen LogP contribution in [0.3, 0.4) is 0 Å². The monoisotopic (exact) mass is 243 g/mol. The van der Waals surface area contributed by atoms with Gasteiger partial charge >= 0.3 is 0 Å². The number of fused-ring (bicyclic) bond motifs is 2. The Morgan fingerprint density at radius 3 is 2.82 bits per heavy atom. The quantitative estimate of drug-likeness (QED) is 0.686. The van der Waals surface area contributed by atoms with Gasteiger partial charge in [-0.05, 0) is 54.2 Å². The highest BCUT2D eigenvalue weighted by Crippen LogP contribution is 2.24. The Balaban J connectivity index is 2.06. The van der Waals surface area contributed by atoms with E-state index in [0.717, 1.165) is 24.3 Å². The molecule has 3 rings (SSSR count). The standard InChI is InChI=1S/C15H14ClN/c16-14-7-6-13-10-15-11(5-2-8-17-15)3-1-4-12(13)9-14/h2,5-9H,1,3-4,10H2. The van der Waals surface area contributed by atoms with Gasteiger partial charge in [-0.15, -0.1) is 0 Å². The van der Waals surface area contributed by atoms with Crippen LogP contribution in [-0.2, 0) is 19.3 Å². The Hall–Kier alpha value is -1.34. The summed E-state index contributed by atoms with van der Waals surface area (Å²) in [6, 6.07) is 10.4. The first-order valence-electron chi connectivity index (χ1n) is 6.03. The molecule has 1 aromatic heterocycles. The van der Waals surface area contributed by atoms with E-state index in [1.54, 1.807) is 0 Å². The Morgan fingerprint density at radius 2 is 1.88 bits per heavy atom. The van der Waals surface area contributed by atoms with Crippen molar-refractivity contribution in [2.45, 2.75) is 25.7 Å². The predicted molar refractivity (Wildman–Crippen MR) is 70.5 cm³/mol. The Labute approximate surface area is 106 Å². The minimum Gasteiger partial charge on any atom is -0.261 e. The number of halogens is 1. The molecule has 1 nitrogen and oxygen atoms in total. The summed E-state index contributed by atoms with van der Waals surface area (Å²) in [4.78, 5) is 4.51. The average molecular weight is 244 g/mol. The number of pyridine rings is 1. The van der Waals surface area contributed by atoms with Gasteiger partial charge in [0.15, 0.2) is 0 Å². The third-order valence-corrected chi connectivity index (χ3v) is 3.64. The lowest BCUT2D eigenvalue weighted by molar-refractivity contribution is 0.778. The molecule has 0 bridgehead atoms. The van der Waals surface area contributed by atoms with Gasteiger partial charge in [0, 0.05) is 23.3 Å². The minimum atomic E-state index is 0.838. The molecule has 0 amide bonds. The fourth-order valence-electron chi connectivity index (χ4n) is 2.51. The summed E-state index contributed by atoms with van der Waals surface area (Å²) in [7, 11) is 0. The highest BCUT2D eigenvalue weighted by molar-refractivity contribution is 6.30. The van der Waals surface area contributed by atoms with E-state index < -0.39 is 0 Å². The molecule has 0 fully saturated rings. The van der Waals surface area contributed by atoms with Crippen LogP contribution in [0.4, 0.5) is 0 Å². The highest BCUT2D eigenvalue weighted by Gasteiger charge is 2.12. The fraction of sp³-hybridized carbons (Fsp3) is 0.267. The summed E-state index contributed by atoms with van der Waals surface area (Å²) in [6.45, 7) is 0. The Bertz CT molecular complexity index is 548. The molecule has 1 aliphatic rings. The van der Waals surface area contributed by atoms with E-state index in [0.29, 0.717) is 0 Å². The van der Waals surface area contributed by atoms with Gasteiger partial charge in [0.05, 0.1) is 0 Å². The molecule has 0 aliphatic heterocycles. The predicted octanol–water partition coefficient (Wildman–Crippen LogP) is 3.81. The summed E-state index contributed by atoms with van der Waals surface area (Å²) >= 11 is 6.06. The average Bonchev–Trinajstić information content (AvgIpc) is 2.31. The molecule has 0 N–H and O–H groups in total. The largest absolute Gasteiger partial charge is 0.261 e. The molecule has 2 aromatic rings. The number of aromatic nitrogens is 1. The van der Waals surface area contributed by atoms with Crippen LogP contribution in [-0.4, -0.2) is 4.98 Å². The molecule has 0 atom stereocenters. The number of aryl methyl sites for hydroxylation is 2. The van der Waals surface area contributed by atoms with Crippen LogP contribution in [0.2, 0.25) is 5.02 Å². The molecule has 0 radical (unpaired) electrons. The highest BCUT2D eigenvalue weighted by atomic mass is 35.5. The van der Waals surface area contributed by atoms with Crippen molar-refractivity contribution in [1.29, 1.82) is 0 Å². The normalized spacial score (nSPS) is 14.4. The second kappa shape index (κ2) is 4.50. The third kappa shape index (κ3) is 2.20.